The zero-order chi connectivity index (χ0) is 18.6. The molecule has 0 bridgehead atoms. The standard InChI is InChI=1S/C20H22FN5O/c1-20(3-4-20)27-17-9-13-15(10-14(17)21)24-19(13)16-11-18(23-12-22-16)26-7-5-25(2)6-8-26/h9-12H,3-8H2,1-2H3. The van der Waals surface area contributed by atoms with Crippen LogP contribution in [0, 0.1) is 5.82 Å². The van der Waals surface area contributed by atoms with Crippen LogP contribution in [0.4, 0.5) is 15.9 Å². The lowest BCUT2D eigenvalue weighted by atomic mass is 9.98. The van der Waals surface area contributed by atoms with E-state index in [0.717, 1.165) is 61.8 Å². The van der Waals surface area contributed by atoms with Crippen LogP contribution in [0.25, 0.3) is 0 Å². The molecule has 0 atom stereocenters. The molecule has 0 amide bonds. The molecule has 2 fully saturated rings. The van der Waals surface area contributed by atoms with Crippen molar-refractivity contribution in [3.8, 4) is 5.75 Å². The van der Waals surface area contributed by atoms with Crippen molar-refractivity contribution in [1.29, 1.82) is 0 Å². The van der Waals surface area contributed by atoms with E-state index in [1.54, 1.807) is 12.4 Å². The molecule has 27 heavy (non-hydrogen) atoms. The van der Waals surface area contributed by atoms with E-state index in [1.165, 1.54) is 6.07 Å². The molecule has 140 valence electrons. The Morgan fingerprint density at radius 2 is 1.85 bits per heavy atom. The number of hydrogen-bond acceptors (Lipinski definition) is 6. The molecule has 7 heteroatoms. The summed E-state index contributed by atoms with van der Waals surface area (Å²) in [4.78, 5) is 17.9. The van der Waals surface area contributed by atoms with Crippen molar-refractivity contribution in [2.75, 3.05) is 38.1 Å². The van der Waals surface area contributed by atoms with Crippen molar-refractivity contribution in [3.63, 3.8) is 0 Å². The monoisotopic (exact) mass is 367 g/mol. The van der Waals surface area contributed by atoms with E-state index < -0.39 is 0 Å². The van der Waals surface area contributed by atoms with Crippen LogP contribution in [-0.2, 0) is 0 Å². The number of piperazine rings is 1. The molecule has 1 saturated heterocycles. The first-order valence-electron chi connectivity index (χ1n) is 9.38. The predicted molar refractivity (Wildman–Crippen MR) is 102 cm³/mol. The van der Waals surface area contributed by atoms with Gasteiger partial charge in [0.05, 0.1) is 17.1 Å². The van der Waals surface area contributed by atoms with Gasteiger partial charge in [0.15, 0.2) is 11.6 Å². The highest BCUT2D eigenvalue weighted by atomic mass is 19.1. The van der Waals surface area contributed by atoms with Crippen LogP contribution >= 0.6 is 0 Å². The maximum absolute atomic E-state index is 14.3. The maximum atomic E-state index is 14.3. The Balaban J connectivity index is 1.40. The highest BCUT2D eigenvalue weighted by Gasteiger charge is 2.41. The van der Waals surface area contributed by atoms with E-state index in [4.69, 9.17) is 4.74 Å². The number of aliphatic imine (C=N–C) groups is 1. The van der Waals surface area contributed by atoms with E-state index >= 15 is 0 Å². The number of nitrogens with zero attached hydrogens (tertiary/aromatic N) is 5. The van der Waals surface area contributed by atoms with E-state index in [1.807, 2.05) is 13.0 Å². The number of likely N-dealkylation sites (N-methyl/N-ethyl adjacent to an activating group) is 1. The lowest BCUT2D eigenvalue weighted by molar-refractivity contribution is 0.191. The summed E-state index contributed by atoms with van der Waals surface area (Å²) in [6, 6.07) is 5.18. The lowest BCUT2D eigenvalue weighted by Gasteiger charge is -2.33. The number of benzene rings is 1. The Morgan fingerprint density at radius 3 is 2.59 bits per heavy atom. The van der Waals surface area contributed by atoms with Gasteiger partial charge in [-0.1, -0.05) is 0 Å². The molecular formula is C20H22FN5O. The topological polar surface area (TPSA) is 53.9 Å². The highest BCUT2D eigenvalue weighted by Crippen LogP contribution is 2.43. The fourth-order valence-corrected chi connectivity index (χ4v) is 3.45. The molecule has 0 radical (unpaired) electrons. The number of aromatic nitrogens is 2. The Hall–Kier alpha value is -2.54. The Labute approximate surface area is 157 Å². The van der Waals surface area contributed by atoms with E-state index in [-0.39, 0.29) is 11.4 Å². The minimum atomic E-state index is -0.356. The number of rotatable bonds is 4. The number of hydrogen-bond donors (Lipinski definition) is 0. The molecular weight excluding hydrogens is 345 g/mol. The minimum Gasteiger partial charge on any atom is -0.484 e. The quantitative estimate of drug-likeness (QED) is 0.710. The van der Waals surface area contributed by atoms with Gasteiger partial charge >= 0.3 is 0 Å². The van der Waals surface area contributed by atoms with Gasteiger partial charge in [0, 0.05) is 43.9 Å². The second-order valence-corrected chi connectivity index (χ2v) is 7.86. The third kappa shape index (κ3) is 3.06. The van der Waals surface area contributed by atoms with Gasteiger partial charge in [-0.15, -0.1) is 0 Å². The third-order valence-electron chi connectivity index (χ3n) is 5.57. The molecule has 3 heterocycles. The number of anilines is 1. The first-order valence-corrected chi connectivity index (χ1v) is 9.38. The maximum Gasteiger partial charge on any atom is 0.167 e. The van der Waals surface area contributed by atoms with Gasteiger partial charge in [0.2, 0.25) is 0 Å². The summed E-state index contributed by atoms with van der Waals surface area (Å²) < 4.78 is 20.1. The summed E-state index contributed by atoms with van der Waals surface area (Å²) in [7, 11) is 2.13. The summed E-state index contributed by atoms with van der Waals surface area (Å²) >= 11 is 0. The second-order valence-electron chi connectivity index (χ2n) is 7.86. The van der Waals surface area contributed by atoms with Gasteiger partial charge in [-0.25, -0.2) is 19.4 Å². The van der Waals surface area contributed by atoms with Crippen LogP contribution in [0.3, 0.4) is 0 Å². The Morgan fingerprint density at radius 1 is 1.07 bits per heavy atom. The molecule has 0 spiro atoms. The molecule has 0 unspecified atom stereocenters. The first kappa shape index (κ1) is 16.6. The number of fused-ring (bicyclic) bond motifs is 1. The molecule has 0 N–H and O–H groups in total. The van der Waals surface area contributed by atoms with Gasteiger partial charge < -0.3 is 14.5 Å². The van der Waals surface area contributed by atoms with Crippen LogP contribution in [0.15, 0.2) is 29.5 Å². The zero-order valence-corrected chi connectivity index (χ0v) is 15.6. The Bertz CT molecular complexity index is 932. The molecule has 2 aromatic rings. The van der Waals surface area contributed by atoms with Crippen LogP contribution in [0.1, 0.15) is 31.0 Å². The van der Waals surface area contributed by atoms with Gasteiger partial charge in [0.25, 0.3) is 0 Å². The van der Waals surface area contributed by atoms with Gasteiger partial charge in [-0.3, -0.25) is 0 Å². The van der Waals surface area contributed by atoms with Crippen LogP contribution < -0.4 is 9.64 Å². The van der Waals surface area contributed by atoms with E-state index in [9.17, 15) is 4.39 Å². The SMILES string of the molecule is CN1CCN(c2cc(C3=Nc4cc(F)c(OC5(C)CC5)cc43)ncn2)CC1. The van der Waals surface area contributed by atoms with Crippen molar-refractivity contribution >= 4 is 17.2 Å². The molecule has 1 aliphatic carbocycles. The Kier molecular flexibility index (Phi) is 3.69. The molecule has 1 aromatic carbocycles. The van der Waals surface area contributed by atoms with Gasteiger partial charge in [-0.2, -0.15) is 0 Å². The number of halogens is 1. The van der Waals surface area contributed by atoms with Crippen molar-refractivity contribution in [2.24, 2.45) is 4.99 Å². The largest absolute Gasteiger partial charge is 0.484 e. The molecule has 1 aromatic heterocycles. The fourth-order valence-electron chi connectivity index (χ4n) is 3.45. The molecule has 1 saturated carbocycles. The normalized spacial score (nSPS) is 20.6. The van der Waals surface area contributed by atoms with Crippen LogP contribution in [0.2, 0.25) is 0 Å². The average molecular weight is 367 g/mol. The van der Waals surface area contributed by atoms with Crippen molar-refractivity contribution < 1.29 is 9.13 Å². The third-order valence-corrected chi connectivity index (χ3v) is 5.57. The summed E-state index contributed by atoms with van der Waals surface area (Å²) in [5.41, 5.74) is 2.85. The van der Waals surface area contributed by atoms with Crippen molar-refractivity contribution in [2.45, 2.75) is 25.4 Å². The van der Waals surface area contributed by atoms with Gasteiger partial charge in [-0.05, 0) is 32.9 Å². The fraction of sp³-hybridized carbons (Fsp3) is 0.450. The summed E-state index contributed by atoms with van der Waals surface area (Å²) in [5, 5.41) is 0. The van der Waals surface area contributed by atoms with Gasteiger partial charge in [0.1, 0.15) is 17.7 Å². The van der Waals surface area contributed by atoms with E-state index in [0.29, 0.717) is 11.4 Å². The second kappa shape index (κ2) is 5.99. The number of ether oxygens (including phenoxy) is 1. The summed E-state index contributed by atoms with van der Waals surface area (Å²) in [6.45, 7) is 5.92. The molecule has 2 aliphatic heterocycles. The first-order chi connectivity index (χ1) is 13.0. The van der Waals surface area contributed by atoms with Crippen molar-refractivity contribution in [1.82, 2.24) is 14.9 Å². The lowest BCUT2D eigenvalue weighted by Crippen LogP contribution is -2.44. The van der Waals surface area contributed by atoms with Crippen LogP contribution in [0.5, 0.6) is 5.75 Å². The molecule has 6 nitrogen and oxygen atoms in total. The summed E-state index contributed by atoms with van der Waals surface area (Å²) in [6.07, 6.45) is 3.51. The average Bonchev–Trinajstić information content (AvgIpc) is 3.38. The zero-order valence-electron chi connectivity index (χ0n) is 15.6. The summed E-state index contributed by atoms with van der Waals surface area (Å²) in [5.74, 6) is 0.855. The molecule has 5 rings (SSSR count). The molecule has 3 aliphatic rings. The minimum absolute atomic E-state index is 0.223. The highest BCUT2D eigenvalue weighted by molar-refractivity contribution is 6.21. The predicted octanol–water partition coefficient (Wildman–Crippen LogP) is 2.78. The van der Waals surface area contributed by atoms with E-state index in [2.05, 4.69) is 31.8 Å². The smallest absolute Gasteiger partial charge is 0.167 e. The van der Waals surface area contributed by atoms with Crippen LogP contribution in [-0.4, -0.2) is 59.4 Å². The van der Waals surface area contributed by atoms with Crippen molar-refractivity contribution in [3.05, 3.63) is 41.6 Å².